The van der Waals surface area contributed by atoms with E-state index in [0.29, 0.717) is 18.8 Å². The van der Waals surface area contributed by atoms with E-state index in [1.807, 2.05) is 41.1 Å². The molecule has 0 radical (unpaired) electrons. The van der Waals surface area contributed by atoms with Crippen LogP contribution in [0.4, 0.5) is 5.69 Å². The molecule has 2 N–H and O–H groups in total. The largest absolute Gasteiger partial charge is 0.384 e. The molecular weight excluding hydrogens is 324 g/mol. The van der Waals surface area contributed by atoms with E-state index in [2.05, 4.69) is 10.2 Å². The van der Waals surface area contributed by atoms with Crippen LogP contribution in [0.5, 0.6) is 0 Å². The summed E-state index contributed by atoms with van der Waals surface area (Å²) in [6.07, 6.45) is 0. The van der Waals surface area contributed by atoms with Crippen LogP contribution < -0.4 is 10.2 Å². The molecule has 1 saturated heterocycles. The number of hydrogen-bond acceptors (Lipinski definition) is 5. The summed E-state index contributed by atoms with van der Waals surface area (Å²) in [5.41, 5.74) is 1.27. The van der Waals surface area contributed by atoms with E-state index in [0.717, 1.165) is 24.3 Å². The first-order valence-electron chi connectivity index (χ1n) is 8.03. The quantitative estimate of drug-likeness (QED) is 0.871. The molecule has 1 aliphatic rings. The van der Waals surface area contributed by atoms with Crippen molar-refractivity contribution in [3.8, 4) is 0 Å². The lowest BCUT2D eigenvalue weighted by Gasteiger charge is -2.30. The number of amides is 1. The molecule has 1 fully saturated rings. The Morgan fingerprint density at radius 1 is 1.33 bits per heavy atom. The summed E-state index contributed by atoms with van der Waals surface area (Å²) in [5.74, 6) is -0.174. The number of anilines is 1. The van der Waals surface area contributed by atoms with Gasteiger partial charge in [-0.15, -0.1) is 0 Å². The molecule has 0 bridgehead atoms. The van der Waals surface area contributed by atoms with E-state index in [1.54, 1.807) is 6.92 Å². The lowest BCUT2D eigenvalue weighted by Crippen LogP contribution is -2.40. The number of carbonyl (C=O) groups excluding carboxylic acids is 1. The predicted molar refractivity (Wildman–Crippen MR) is 95.7 cm³/mol. The number of carbonyl (C=O) groups is 1. The molecule has 2 aromatic rings. The maximum Gasteiger partial charge on any atom is 0.253 e. The van der Waals surface area contributed by atoms with Crippen LogP contribution in [-0.4, -0.2) is 43.9 Å². The van der Waals surface area contributed by atoms with Crippen molar-refractivity contribution < 1.29 is 14.6 Å². The van der Waals surface area contributed by atoms with E-state index in [9.17, 15) is 9.90 Å². The molecule has 6 heteroatoms. The zero-order chi connectivity index (χ0) is 17.0. The molecule has 1 atom stereocenters. The molecule has 3 rings (SSSR count). The zero-order valence-corrected chi connectivity index (χ0v) is 14.5. The average Bonchev–Trinajstić information content (AvgIpc) is 3.16. The number of para-hydroxylation sites is 1. The predicted octanol–water partition coefficient (Wildman–Crippen LogP) is 2.22. The molecule has 1 unspecified atom stereocenters. The Balaban J connectivity index is 1.71. The Morgan fingerprint density at radius 2 is 2.08 bits per heavy atom. The number of ether oxygens (including phenoxy) is 1. The van der Waals surface area contributed by atoms with Crippen LogP contribution in [0.1, 0.15) is 22.8 Å². The lowest BCUT2D eigenvalue weighted by atomic mass is 9.99. The number of nitrogens with zero attached hydrogens (tertiary/aromatic N) is 1. The highest BCUT2D eigenvalue weighted by atomic mass is 32.1. The second kappa shape index (κ2) is 7.34. The number of nitrogens with one attached hydrogen (secondary N) is 1. The van der Waals surface area contributed by atoms with Gasteiger partial charge in [-0.25, -0.2) is 0 Å². The van der Waals surface area contributed by atoms with Gasteiger partial charge < -0.3 is 20.1 Å². The summed E-state index contributed by atoms with van der Waals surface area (Å²) in [5, 5.41) is 17.2. The van der Waals surface area contributed by atoms with Crippen LogP contribution in [0.15, 0.2) is 41.1 Å². The van der Waals surface area contributed by atoms with Gasteiger partial charge >= 0.3 is 0 Å². The van der Waals surface area contributed by atoms with Gasteiger partial charge in [0.15, 0.2) is 0 Å². The van der Waals surface area contributed by atoms with Crippen molar-refractivity contribution in [2.75, 3.05) is 37.7 Å². The van der Waals surface area contributed by atoms with Crippen molar-refractivity contribution in [3.63, 3.8) is 0 Å². The van der Waals surface area contributed by atoms with Crippen LogP contribution in [0, 0.1) is 0 Å². The fraction of sp³-hybridized carbons (Fsp3) is 0.389. The normalized spacial score (nSPS) is 17.3. The number of benzene rings is 1. The molecule has 128 valence electrons. The molecule has 5 nitrogen and oxygen atoms in total. The Bertz CT molecular complexity index is 679. The molecule has 2 heterocycles. The smallest absolute Gasteiger partial charge is 0.253 e. The van der Waals surface area contributed by atoms with Crippen LogP contribution >= 0.6 is 11.3 Å². The number of thiophene rings is 1. The molecule has 1 amide bonds. The fourth-order valence-corrected chi connectivity index (χ4v) is 3.55. The van der Waals surface area contributed by atoms with Crippen molar-refractivity contribution >= 4 is 22.9 Å². The van der Waals surface area contributed by atoms with Gasteiger partial charge in [-0.1, -0.05) is 12.1 Å². The first-order chi connectivity index (χ1) is 11.6. The Labute approximate surface area is 145 Å². The number of rotatable bonds is 5. The third kappa shape index (κ3) is 3.77. The summed E-state index contributed by atoms with van der Waals surface area (Å²) >= 11 is 1.53. The van der Waals surface area contributed by atoms with Crippen molar-refractivity contribution in [2.45, 2.75) is 12.5 Å². The molecule has 0 spiro atoms. The van der Waals surface area contributed by atoms with E-state index < -0.39 is 5.60 Å². The first kappa shape index (κ1) is 17.0. The minimum Gasteiger partial charge on any atom is -0.384 e. The number of hydrogen-bond donors (Lipinski definition) is 2. The summed E-state index contributed by atoms with van der Waals surface area (Å²) < 4.78 is 5.38. The average molecular weight is 346 g/mol. The molecule has 0 aliphatic carbocycles. The molecule has 1 aliphatic heterocycles. The van der Waals surface area contributed by atoms with E-state index in [1.165, 1.54) is 11.3 Å². The zero-order valence-electron chi connectivity index (χ0n) is 13.7. The third-order valence-electron chi connectivity index (χ3n) is 4.24. The topological polar surface area (TPSA) is 61.8 Å². The minimum atomic E-state index is -1.08. The van der Waals surface area contributed by atoms with Crippen molar-refractivity contribution in [2.24, 2.45) is 0 Å². The van der Waals surface area contributed by atoms with Crippen LogP contribution in [-0.2, 0) is 10.3 Å². The van der Waals surface area contributed by atoms with E-state index in [-0.39, 0.29) is 12.5 Å². The Hall–Kier alpha value is -1.89. The minimum absolute atomic E-state index is 0.167. The van der Waals surface area contributed by atoms with Gasteiger partial charge in [0.1, 0.15) is 5.60 Å². The van der Waals surface area contributed by atoms with Crippen LogP contribution in [0.3, 0.4) is 0 Å². The second-order valence-electron chi connectivity index (χ2n) is 6.09. The molecule has 1 aromatic carbocycles. The van der Waals surface area contributed by atoms with Gasteiger partial charge in [0.25, 0.3) is 5.91 Å². The number of aliphatic hydroxyl groups is 1. The summed E-state index contributed by atoms with van der Waals surface area (Å²) in [4.78, 5) is 14.8. The van der Waals surface area contributed by atoms with Gasteiger partial charge in [0, 0.05) is 18.8 Å². The van der Waals surface area contributed by atoms with Crippen molar-refractivity contribution in [3.05, 3.63) is 52.2 Å². The van der Waals surface area contributed by atoms with E-state index in [4.69, 9.17) is 4.74 Å². The van der Waals surface area contributed by atoms with Crippen LogP contribution in [0.2, 0.25) is 0 Å². The lowest BCUT2D eigenvalue weighted by molar-refractivity contribution is 0.0530. The van der Waals surface area contributed by atoms with E-state index >= 15 is 0 Å². The Kier molecular flexibility index (Phi) is 5.18. The summed E-state index contributed by atoms with van der Waals surface area (Å²) in [7, 11) is 0. The molecule has 0 saturated carbocycles. The van der Waals surface area contributed by atoms with Crippen molar-refractivity contribution in [1.82, 2.24) is 5.32 Å². The van der Waals surface area contributed by atoms with Gasteiger partial charge in [-0.3, -0.25) is 4.79 Å². The molecule has 1 aromatic heterocycles. The Morgan fingerprint density at radius 3 is 2.79 bits per heavy atom. The highest BCUT2D eigenvalue weighted by Gasteiger charge is 2.25. The summed E-state index contributed by atoms with van der Waals surface area (Å²) in [6.45, 7) is 4.77. The maximum absolute atomic E-state index is 12.6. The maximum atomic E-state index is 12.6. The van der Waals surface area contributed by atoms with Crippen molar-refractivity contribution in [1.29, 1.82) is 0 Å². The van der Waals surface area contributed by atoms with Gasteiger partial charge in [-0.05, 0) is 41.4 Å². The molecular formula is C18H22N2O3S. The van der Waals surface area contributed by atoms with Gasteiger partial charge in [-0.2, -0.15) is 11.3 Å². The highest BCUT2D eigenvalue weighted by molar-refractivity contribution is 7.08. The van der Waals surface area contributed by atoms with Crippen LogP contribution in [0.25, 0.3) is 0 Å². The number of morpholine rings is 1. The second-order valence-corrected chi connectivity index (χ2v) is 6.87. The highest BCUT2D eigenvalue weighted by Crippen LogP contribution is 2.24. The van der Waals surface area contributed by atoms with Gasteiger partial charge in [0.2, 0.25) is 0 Å². The fourth-order valence-electron chi connectivity index (χ4n) is 2.77. The standard InChI is InChI=1S/C18H22N2O3S/c1-18(22,14-6-11-24-12-14)13-19-17(21)15-4-2-3-5-16(15)20-7-9-23-10-8-20/h2-6,11-12,22H,7-10,13H2,1H3,(H,19,21). The SMILES string of the molecule is CC(O)(CNC(=O)c1ccccc1N1CCOCC1)c1ccsc1. The monoisotopic (exact) mass is 346 g/mol. The molecule has 24 heavy (non-hydrogen) atoms. The first-order valence-corrected chi connectivity index (χ1v) is 8.97. The summed E-state index contributed by atoms with van der Waals surface area (Å²) in [6, 6.07) is 9.44. The third-order valence-corrected chi connectivity index (χ3v) is 4.92. The van der Waals surface area contributed by atoms with Gasteiger partial charge in [0.05, 0.1) is 25.3 Å².